The molecular formula is C40H50N8O7. The van der Waals surface area contributed by atoms with Crippen molar-refractivity contribution >= 4 is 29.5 Å². The monoisotopic (exact) mass is 754 g/mol. The molecule has 1 aromatic heterocycles. The van der Waals surface area contributed by atoms with E-state index in [0.717, 1.165) is 40.7 Å². The van der Waals surface area contributed by atoms with Crippen molar-refractivity contribution in [3.8, 4) is 22.5 Å². The number of hydrogen-bond donors (Lipinski definition) is 7. The van der Waals surface area contributed by atoms with Crippen LogP contribution in [0.4, 0.5) is 10.5 Å². The van der Waals surface area contributed by atoms with Gasteiger partial charge in [-0.2, -0.15) is 5.21 Å². The number of alkyl carbamates (subject to hydrolysis) is 1. The van der Waals surface area contributed by atoms with Crippen LogP contribution in [0, 0.1) is 18.8 Å². The average Bonchev–Trinajstić information content (AvgIpc) is 3.71. The van der Waals surface area contributed by atoms with E-state index in [0.29, 0.717) is 36.5 Å². The lowest BCUT2D eigenvalue weighted by molar-refractivity contribution is -0.130. The molecule has 0 saturated heterocycles. The van der Waals surface area contributed by atoms with Crippen molar-refractivity contribution in [3.05, 3.63) is 83.4 Å². The quantitative estimate of drug-likeness (QED) is 0.0984. The highest BCUT2D eigenvalue weighted by molar-refractivity contribution is 5.98. The number of tetrazole rings is 1. The molecule has 1 aliphatic rings. The van der Waals surface area contributed by atoms with Crippen LogP contribution in [-0.4, -0.2) is 92.1 Å². The lowest BCUT2D eigenvalue weighted by Gasteiger charge is -2.29. The standard InChI is InChI=1S/C40H50N8O7/c1-24-19-30(37(52)43-32(22-49)23-50)15-18-33(24)27-9-5-25(6-10-27)20-34(38(53)42-31-16-13-28(14-17-31)35-45-47-48-46-35)44-36(51)29-11-7-26(8-12-29)21-41-39(54)55-40(2,3)4/h5-6,9-10,13-19,26,29,32,34,49-50H,7-8,11-12,20-23H2,1-4H3,(H,41,54)(H,42,53)(H,43,52)(H,44,51)(H,45,46,47,48)/t26-,29-,34?. The Bertz CT molecular complexity index is 1900. The van der Waals surface area contributed by atoms with E-state index in [1.54, 1.807) is 36.4 Å². The molecule has 0 bridgehead atoms. The predicted octanol–water partition coefficient (Wildman–Crippen LogP) is 3.92. The molecule has 0 spiro atoms. The van der Waals surface area contributed by atoms with Gasteiger partial charge in [-0.05, 0) is 123 Å². The summed E-state index contributed by atoms with van der Waals surface area (Å²) >= 11 is 0. The number of benzene rings is 3. The van der Waals surface area contributed by atoms with Crippen LogP contribution < -0.4 is 21.3 Å². The van der Waals surface area contributed by atoms with Crippen LogP contribution in [0.1, 0.15) is 67.9 Å². The third-order valence-corrected chi connectivity index (χ3v) is 9.51. The number of aliphatic hydroxyl groups is 2. The first-order valence-corrected chi connectivity index (χ1v) is 18.5. The second kappa shape index (κ2) is 18.6. The second-order valence-electron chi connectivity index (χ2n) is 14.9. The Morgan fingerprint density at radius 2 is 1.56 bits per heavy atom. The van der Waals surface area contributed by atoms with Gasteiger partial charge in [0.2, 0.25) is 17.6 Å². The van der Waals surface area contributed by atoms with Crippen molar-refractivity contribution in [1.82, 2.24) is 36.6 Å². The summed E-state index contributed by atoms with van der Waals surface area (Å²) in [5.41, 5.74) is 4.60. The lowest BCUT2D eigenvalue weighted by atomic mass is 9.81. The fourth-order valence-corrected chi connectivity index (χ4v) is 6.49. The first kappa shape index (κ1) is 40.5. The van der Waals surface area contributed by atoms with Crippen LogP contribution in [0.15, 0.2) is 66.7 Å². The van der Waals surface area contributed by atoms with Gasteiger partial charge in [0.1, 0.15) is 11.6 Å². The Morgan fingerprint density at radius 1 is 0.891 bits per heavy atom. The van der Waals surface area contributed by atoms with Crippen LogP contribution in [0.25, 0.3) is 22.5 Å². The minimum absolute atomic E-state index is 0.188. The van der Waals surface area contributed by atoms with Crippen LogP contribution in [-0.2, 0) is 20.7 Å². The number of anilines is 1. The largest absolute Gasteiger partial charge is 0.444 e. The summed E-state index contributed by atoms with van der Waals surface area (Å²) < 4.78 is 5.34. The van der Waals surface area contributed by atoms with Gasteiger partial charge in [-0.15, -0.1) is 10.2 Å². The van der Waals surface area contributed by atoms with E-state index in [-0.39, 0.29) is 43.3 Å². The van der Waals surface area contributed by atoms with Crippen molar-refractivity contribution in [2.45, 2.75) is 77.5 Å². The fourth-order valence-electron chi connectivity index (χ4n) is 6.49. The summed E-state index contributed by atoms with van der Waals surface area (Å²) in [4.78, 5) is 52.2. The van der Waals surface area contributed by atoms with E-state index < -0.39 is 29.7 Å². The second-order valence-corrected chi connectivity index (χ2v) is 14.9. The molecule has 1 unspecified atom stereocenters. The zero-order chi connectivity index (χ0) is 39.5. The molecule has 0 aliphatic heterocycles. The number of nitrogens with one attached hydrogen (secondary N) is 5. The minimum atomic E-state index is -0.872. The van der Waals surface area contributed by atoms with E-state index in [9.17, 15) is 29.4 Å². The highest BCUT2D eigenvalue weighted by Gasteiger charge is 2.30. The molecule has 15 heteroatoms. The first-order chi connectivity index (χ1) is 26.3. The molecule has 1 aliphatic carbocycles. The van der Waals surface area contributed by atoms with Crippen molar-refractivity contribution in [2.24, 2.45) is 11.8 Å². The molecule has 4 amide bonds. The molecule has 55 heavy (non-hydrogen) atoms. The molecular weight excluding hydrogens is 704 g/mol. The summed E-state index contributed by atoms with van der Waals surface area (Å²) in [7, 11) is 0. The molecule has 5 rings (SSSR count). The number of rotatable bonds is 14. The fraction of sp³-hybridized carbons (Fsp3) is 0.425. The minimum Gasteiger partial charge on any atom is -0.444 e. The highest BCUT2D eigenvalue weighted by Crippen LogP contribution is 2.29. The Labute approximate surface area is 320 Å². The molecule has 1 heterocycles. The molecule has 1 atom stereocenters. The molecule has 4 aromatic rings. The van der Waals surface area contributed by atoms with E-state index in [2.05, 4.69) is 41.9 Å². The molecule has 1 saturated carbocycles. The molecule has 7 N–H and O–H groups in total. The number of H-pyrrole nitrogens is 1. The molecule has 15 nitrogen and oxygen atoms in total. The highest BCUT2D eigenvalue weighted by atomic mass is 16.6. The van der Waals surface area contributed by atoms with Gasteiger partial charge >= 0.3 is 6.09 Å². The number of carbonyl (C=O) groups is 4. The van der Waals surface area contributed by atoms with Crippen LogP contribution in [0.3, 0.4) is 0 Å². The van der Waals surface area contributed by atoms with Crippen LogP contribution in [0.2, 0.25) is 0 Å². The van der Waals surface area contributed by atoms with Gasteiger partial charge in [0.25, 0.3) is 5.91 Å². The summed E-state index contributed by atoms with van der Waals surface area (Å²) in [6.45, 7) is 7.08. The number of aromatic amines is 1. The summed E-state index contributed by atoms with van der Waals surface area (Å²) in [6, 6.07) is 18.4. The zero-order valence-corrected chi connectivity index (χ0v) is 31.6. The van der Waals surface area contributed by atoms with Gasteiger partial charge in [-0.3, -0.25) is 14.4 Å². The zero-order valence-electron chi connectivity index (χ0n) is 31.6. The summed E-state index contributed by atoms with van der Waals surface area (Å²) in [5, 5.41) is 44.0. The number of ether oxygens (including phenoxy) is 1. The van der Waals surface area contributed by atoms with Gasteiger partial charge in [0, 0.05) is 35.7 Å². The third kappa shape index (κ3) is 11.7. The maximum atomic E-state index is 13.8. The van der Waals surface area contributed by atoms with Gasteiger partial charge in [0.05, 0.1) is 19.3 Å². The average molecular weight is 755 g/mol. The molecule has 292 valence electrons. The first-order valence-electron chi connectivity index (χ1n) is 18.5. The number of hydrogen-bond acceptors (Lipinski definition) is 10. The third-order valence-electron chi connectivity index (χ3n) is 9.51. The maximum absolute atomic E-state index is 13.8. The van der Waals surface area contributed by atoms with Crippen molar-refractivity contribution in [3.63, 3.8) is 0 Å². The Morgan fingerprint density at radius 3 is 2.16 bits per heavy atom. The van der Waals surface area contributed by atoms with Crippen LogP contribution >= 0.6 is 0 Å². The SMILES string of the molecule is Cc1cc(C(=O)NC(CO)CO)ccc1-c1ccc(CC(NC(=O)[C@H]2CC[C@H](CNC(=O)OC(C)(C)C)CC2)C(=O)Nc2ccc(-c3nn[nH]n3)cc2)cc1. The van der Waals surface area contributed by atoms with Crippen molar-refractivity contribution in [1.29, 1.82) is 0 Å². The lowest BCUT2D eigenvalue weighted by Crippen LogP contribution is -2.48. The van der Waals surface area contributed by atoms with Gasteiger partial charge in [-0.25, -0.2) is 4.79 Å². The van der Waals surface area contributed by atoms with Crippen molar-refractivity contribution in [2.75, 3.05) is 25.1 Å². The normalized spacial score (nSPS) is 16.2. The summed E-state index contributed by atoms with van der Waals surface area (Å²) in [5.74, 6) is -0.563. The Hall–Kier alpha value is -5.67. The number of carbonyl (C=O) groups excluding carboxylic acids is 4. The van der Waals surface area contributed by atoms with Crippen LogP contribution in [0.5, 0.6) is 0 Å². The van der Waals surface area contributed by atoms with Gasteiger partial charge < -0.3 is 36.2 Å². The molecule has 3 aromatic carbocycles. The van der Waals surface area contributed by atoms with Gasteiger partial charge in [0.15, 0.2) is 0 Å². The Balaban J connectivity index is 1.25. The van der Waals surface area contributed by atoms with Crippen molar-refractivity contribution < 1.29 is 34.1 Å². The topological polar surface area (TPSA) is 221 Å². The smallest absolute Gasteiger partial charge is 0.407 e. The maximum Gasteiger partial charge on any atom is 0.407 e. The van der Waals surface area contributed by atoms with Gasteiger partial charge in [-0.1, -0.05) is 30.3 Å². The predicted molar refractivity (Wildman–Crippen MR) is 206 cm³/mol. The van der Waals surface area contributed by atoms with E-state index in [4.69, 9.17) is 4.74 Å². The van der Waals surface area contributed by atoms with E-state index in [1.165, 1.54) is 0 Å². The van der Waals surface area contributed by atoms with E-state index >= 15 is 0 Å². The molecule has 1 fully saturated rings. The number of amides is 4. The number of nitrogens with zero attached hydrogens (tertiary/aromatic N) is 3. The van der Waals surface area contributed by atoms with E-state index in [1.807, 2.05) is 58.0 Å². The molecule has 0 radical (unpaired) electrons. The number of aromatic nitrogens is 4. The Kier molecular flexibility index (Phi) is 13.7. The number of aliphatic hydroxyl groups excluding tert-OH is 2. The summed E-state index contributed by atoms with van der Waals surface area (Å²) in [6.07, 6.45) is 2.57. The number of aryl methyl sites for hydroxylation is 1.